The van der Waals surface area contributed by atoms with Gasteiger partial charge in [-0.1, -0.05) is 178 Å². The molecule has 0 unspecified atom stereocenters. The molecule has 0 amide bonds. The number of rotatable bonds is 7. The first kappa shape index (κ1) is 42.4. The van der Waals surface area contributed by atoms with Crippen molar-refractivity contribution in [3.05, 3.63) is 218 Å². The molecule has 0 atom stereocenters. The van der Waals surface area contributed by atoms with Crippen LogP contribution in [0.3, 0.4) is 0 Å². The zero-order chi connectivity index (χ0) is 48.8. The minimum absolute atomic E-state index is 0. The number of aromatic nitrogens is 3. The van der Waals surface area contributed by atoms with E-state index in [-0.39, 0.29) is 25.5 Å². The predicted molar refractivity (Wildman–Crippen MR) is 284 cm³/mol. The van der Waals surface area contributed by atoms with E-state index in [1.165, 1.54) is 10.8 Å². The number of fused-ring (bicyclic) bond motifs is 4. The molecule has 1 radical (unpaired) electrons. The van der Waals surface area contributed by atoms with Crippen LogP contribution >= 0.6 is 0 Å². The van der Waals surface area contributed by atoms with Crippen LogP contribution in [0.4, 0.5) is 0 Å². The number of para-hydroxylation sites is 2. The summed E-state index contributed by atoms with van der Waals surface area (Å²) in [5.41, 5.74) is 14.9. The molecule has 0 aliphatic carbocycles. The third kappa shape index (κ3) is 9.20. The number of nitrogens with zero attached hydrogens (tertiary/aromatic N) is 3. The maximum Gasteiger partial charge on any atom is 0.121 e. The van der Waals surface area contributed by atoms with Crippen LogP contribution in [0.2, 0.25) is 19.6 Å². The molecule has 8 aromatic carbocycles. The van der Waals surface area contributed by atoms with Crippen LogP contribution in [0.5, 0.6) is 0 Å². The molecule has 0 N–H and O–H groups in total. The van der Waals surface area contributed by atoms with Gasteiger partial charge in [-0.25, -0.2) is 0 Å². The molecule has 0 fully saturated rings. The van der Waals surface area contributed by atoms with Crippen LogP contribution in [0.15, 0.2) is 199 Å². The van der Waals surface area contributed by atoms with Crippen LogP contribution in [0.25, 0.3) is 94.7 Å². The molecule has 0 aliphatic rings. The Morgan fingerprint density at radius 3 is 1.90 bits per heavy atom. The molecular formula is C62H53IrN3OSi-2. The fourth-order valence-electron chi connectivity index (χ4n) is 8.70. The van der Waals surface area contributed by atoms with Gasteiger partial charge in [-0.15, -0.1) is 54.1 Å². The Kier molecular flexibility index (Phi) is 11.8. The molecule has 0 spiro atoms. The Hall–Kier alpha value is -6.95. The van der Waals surface area contributed by atoms with Crippen LogP contribution in [0, 0.1) is 19.0 Å². The van der Waals surface area contributed by atoms with E-state index in [1.54, 1.807) is 12.1 Å². The molecule has 3 aromatic heterocycles. The van der Waals surface area contributed by atoms with E-state index in [4.69, 9.17) is 13.5 Å². The maximum absolute atomic E-state index is 7.77. The van der Waals surface area contributed by atoms with Crippen molar-refractivity contribution in [2.24, 2.45) is 0 Å². The summed E-state index contributed by atoms with van der Waals surface area (Å²) in [5, 5.41) is 3.35. The summed E-state index contributed by atoms with van der Waals surface area (Å²) >= 11 is 0. The summed E-state index contributed by atoms with van der Waals surface area (Å²) in [5.74, 6) is 0.735. The van der Waals surface area contributed by atoms with Gasteiger partial charge in [-0.2, -0.15) is 0 Å². The number of hydrogen-bond donors (Lipinski definition) is 0. The molecule has 3 heterocycles. The molecule has 6 heteroatoms. The first-order valence-electron chi connectivity index (χ1n) is 24.3. The summed E-state index contributed by atoms with van der Waals surface area (Å²) in [6.45, 7) is 11.6. The molecule has 0 saturated heterocycles. The average Bonchev–Trinajstić information content (AvgIpc) is 3.95. The SMILES string of the molecule is C[Si](C)(C)c1ccc(-c2[c-]cccc2)nc1.[2H]C([2H])([2H])c1ccc(-c2ccc3c(c2)oc2c(-c4nc5ccccc5n4-c4c(-c5ccccc5)cc(C(C)(C)C)cc4-c4ccccc4)[c-]ccc23)cc1.[Ir]. The van der Waals surface area contributed by atoms with Gasteiger partial charge in [-0.3, -0.25) is 4.98 Å². The van der Waals surface area contributed by atoms with Gasteiger partial charge in [0.2, 0.25) is 0 Å². The zero-order valence-corrected chi connectivity index (χ0v) is 42.5. The Labute approximate surface area is 419 Å². The zero-order valence-electron chi connectivity index (χ0n) is 42.1. The first-order valence-corrected chi connectivity index (χ1v) is 26.3. The van der Waals surface area contributed by atoms with Gasteiger partial charge in [0.15, 0.2) is 0 Å². The Balaban J connectivity index is 0.000000313. The van der Waals surface area contributed by atoms with Gasteiger partial charge >= 0.3 is 0 Å². The Morgan fingerprint density at radius 1 is 0.618 bits per heavy atom. The summed E-state index contributed by atoms with van der Waals surface area (Å²) in [4.78, 5) is 9.86. The molecule has 0 aliphatic heterocycles. The molecule has 68 heavy (non-hydrogen) atoms. The minimum Gasteiger partial charge on any atom is -0.501 e. The summed E-state index contributed by atoms with van der Waals surface area (Å²) in [6.07, 6.45) is 2.02. The molecule has 0 bridgehead atoms. The van der Waals surface area contributed by atoms with Crippen molar-refractivity contribution >= 4 is 46.2 Å². The Bertz CT molecular complexity index is 3570. The Morgan fingerprint density at radius 2 is 1.28 bits per heavy atom. The summed E-state index contributed by atoms with van der Waals surface area (Å²) < 4.78 is 32.4. The summed E-state index contributed by atoms with van der Waals surface area (Å²) in [7, 11) is -1.23. The van der Waals surface area contributed by atoms with E-state index in [0.29, 0.717) is 11.1 Å². The summed E-state index contributed by atoms with van der Waals surface area (Å²) in [6, 6.07) is 70.4. The van der Waals surface area contributed by atoms with Gasteiger partial charge in [0.25, 0.3) is 0 Å². The standard InChI is InChI=1S/C48H37N2O.C14H16NSi.Ir/c1-31-22-24-32(25-23-31)35-26-27-37-38-18-13-19-39(46(38)51-44(37)28-35)47-49-42-20-11-12-21-43(42)50(47)45-40(33-14-7-5-8-15-33)29-36(48(2,3)4)30-41(45)34-16-9-6-10-17-34;1-16(2,3)13-9-10-14(15-11-13)12-7-5-4-6-8-12;/h5-18,20-30H,1-4H3;4-7,9-11H,1-3H3;/q2*-1;/i1D3;;. The number of furan rings is 1. The fourth-order valence-corrected chi connectivity index (χ4v) is 9.74. The molecule has 337 valence electrons. The number of aryl methyl sites for hydroxylation is 1. The quantitative estimate of drug-likeness (QED) is 0.118. The normalized spacial score (nSPS) is 12.5. The van der Waals surface area contributed by atoms with Gasteiger partial charge in [0.05, 0.1) is 36.2 Å². The van der Waals surface area contributed by atoms with Crippen molar-refractivity contribution < 1.29 is 28.6 Å². The van der Waals surface area contributed by atoms with Crippen molar-refractivity contribution in [3.63, 3.8) is 0 Å². The first-order chi connectivity index (χ1) is 33.6. The van der Waals surface area contributed by atoms with Gasteiger partial charge < -0.3 is 14.0 Å². The van der Waals surface area contributed by atoms with Crippen molar-refractivity contribution in [2.45, 2.75) is 52.7 Å². The average molecular weight is 1080 g/mol. The van der Waals surface area contributed by atoms with E-state index < -0.39 is 14.9 Å². The van der Waals surface area contributed by atoms with Crippen molar-refractivity contribution in [1.82, 2.24) is 14.5 Å². The molecule has 0 saturated carbocycles. The third-order valence-electron chi connectivity index (χ3n) is 12.4. The van der Waals surface area contributed by atoms with Crippen molar-refractivity contribution in [2.75, 3.05) is 0 Å². The second kappa shape index (κ2) is 19.0. The number of pyridine rings is 1. The minimum atomic E-state index is -2.15. The van der Waals surface area contributed by atoms with E-state index in [0.717, 1.165) is 89.1 Å². The smallest absolute Gasteiger partial charge is 0.121 e. The number of benzene rings is 8. The molecule has 4 nitrogen and oxygen atoms in total. The van der Waals surface area contributed by atoms with Crippen LogP contribution in [-0.4, -0.2) is 22.6 Å². The number of hydrogen-bond acceptors (Lipinski definition) is 3. The van der Waals surface area contributed by atoms with Crippen molar-refractivity contribution in [3.8, 4) is 61.7 Å². The molecular weight excluding hydrogens is 1020 g/mol. The van der Waals surface area contributed by atoms with Crippen LogP contribution in [-0.2, 0) is 25.5 Å². The monoisotopic (exact) mass is 1080 g/mol. The van der Waals surface area contributed by atoms with Gasteiger partial charge in [0, 0.05) is 46.9 Å². The largest absolute Gasteiger partial charge is 0.501 e. The van der Waals surface area contributed by atoms with E-state index >= 15 is 0 Å². The number of imidazole rings is 1. The molecule has 11 aromatic rings. The van der Waals surface area contributed by atoms with E-state index in [2.05, 4.69) is 177 Å². The predicted octanol–water partition coefficient (Wildman–Crippen LogP) is 16.1. The molecule has 11 rings (SSSR count). The third-order valence-corrected chi connectivity index (χ3v) is 14.4. The second-order valence-corrected chi connectivity index (χ2v) is 24.2. The fraction of sp³-hybridized carbons (Fsp3) is 0.129. The topological polar surface area (TPSA) is 43.9 Å². The maximum atomic E-state index is 7.77. The van der Waals surface area contributed by atoms with Crippen LogP contribution in [0.1, 0.15) is 36.0 Å². The van der Waals surface area contributed by atoms with Gasteiger partial charge in [-0.05, 0) is 81.3 Å². The van der Waals surface area contributed by atoms with E-state index in [9.17, 15) is 0 Å². The van der Waals surface area contributed by atoms with Crippen LogP contribution < -0.4 is 5.19 Å². The van der Waals surface area contributed by atoms with Gasteiger partial charge in [0.1, 0.15) is 5.58 Å². The van der Waals surface area contributed by atoms with Crippen molar-refractivity contribution in [1.29, 1.82) is 0 Å². The van der Waals surface area contributed by atoms with E-state index in [1.807, 2.05) is 66.9 Å². The second-order valence-electron chi connectivity index (χ2n) is 19.1.